The van der Waals surface area contributed by atoms with Gasteiger partial charge in [-0.15, -0.1) is 10.2 Å². The second-order valence-corrected chi connectivity index (χ2v) is 15.6. The van der Waals surface area contributed by atoms with Crippen molar-refractivity contribution in [2.75, 3.05) is 37.6 Å². The predicted molar refractivity (Wildman–Crippen MR) is 180 cm³/mol. The van der Waals surface area contributed by atoms with Crippen LogP contribution in [0.15, 0.2) is 35.7 Å². The Morgan fingerprint density at radius 2 is 1.70 bits per heavy atom. The van der Waals surface area contributed by atoms with Crippen molar-refractivity contribution >= 4 is 17.5 Å². The van der Waals surface area contributed by atoms with Crippen molar-refractivity contribution in [2.45, 2.75) is 105 Å². The van der Waals surface area contributed by atoms with Crippen LogP contribution in [-0.2, 0) is 4.79 Å². The van der Waals surface area contributed by atoms with Crippen molar-refractivity contribution in [2.24, 2.45) is 16.7 Å². The summed E-state index contributed by atoms with van der Waals surface area (Å²) in [4.78, 5) is 37.2. The van der Waals surface area contributed by atoms with Crippen LogP contribution < -0.4 is 9.64 Å². The van der Waals surface area contributed by atoms with Gasteiger partial charge in [0.15, 0.2) is 11.6 Å². The number of likely N-dealkylation sites (tertiary alicyclic amines) is 1. The summed E-state index contributed by atoms with van der Waals surface area (Å²) in [5, 5.41) is 8.21. The number of hydrogen-bond donors (Lipinski definition) is 0. The number of Topliss-reactive ketones (excluding diaryl/α,β-unsaturated/α-hetero) is 1. The number of carbonyl (C=O) groups is 2. The Kier molecular flexibility index (Phi) is 9.44. The maximum absolute atomic E-state index is 14.4. The molecule has 0 N–H and O–H groups in total. The molecular formula is C37H51FN6O3. The number of ketones is 1. The molecule has 4 fully saturated rings. The summed E-state index contributed by atoms with van der Waals surface area (Å²) in [6.07, 6.45) is 10.3. The average molecular weight is 647 g/mol. The van der Waals surface area contributed by atoms with Gasteiger partial charge < -0.3 is 19.4 Å². The van der Waals surface area contributed by atoms with Crippen LogP contribution in [0.2, 0.25) is 0 Å². The normalized spacial score (nSPS) is 24.4. The van der Waals surface area contributed by atoms with Crippen LogP contribution in [0.1, 0.15) is 103 Å². The highest BCUT2D eigenvalue weighted by Gasteiger charge is 2.47. The number of aromatic nitrogens is 3. The SMILES string of the molecule is CC(C)=C1CC2(CCC(CN3CCC4(CC3)CN(c3ncnnc3Oc3ccc(F)cc3C(=O)N(C(C)C)C(C)C)C4)CC2)CC1=O. The smallest absolute Gasteiger partial charge is 0.282 e. The molecule has 9 nitrogen and oxygen atoms in total. The van der Waals surface area contributed by atoms with E-state index in [0.29, 0.717) is 11.6 Å². The van der Waals surface area contributed by atoms with Gasteiger partial charge in [-0.1, -0.05) is 5.57 Å². The zero-order chi connectivity index (χ0) is 33.5. The summed E-state index contributed by atoms with van der Waals surface area (Å²) in [7, 11) is 0. The van der Waals surface area contributed by atoms with E-state index in [0.717, 1.165) is 69.9 Å². The van der Waals surface area contributed by atoms with Crippen LogP contribution in [0.25, 0.3) is 0 Å². The molecule has 0 atom stereocenters. The molecule has 0 bridgehead atoms. The maximum Gasteiger partial charge on any atom is 0.282 e. The van der Waals surface area contributed by atoms with Crippen LogP contribution in [0.3, 0.4) is 0 Å². The van der Waals surface area contributed by atoms with Gasteiger partial charge in [-0.3, -0.25) is 9.59 Å². The number of allylic oxidation sites excluding steroid dienone is 2. The molecule has 1 amide bonds. The highest BCUT2D eigenvalue weighted by Crippen LogP contribution is 2.52. The molecule has 2 saturated carbocycles. The minimum atomic E-state index is -0.502. The molecule has 10 heteroatoms. The summed E-state index contributed by atoms with van der Waals surface area (Å²) in [6.45, 7) is 17.0. The number of ether oxygens (including phenoxy) is 1. The van der Waals surface area contributed by atoms with E-state index in [4.69, 9.17) is 4.74 Å². The second kappa shape index (κ2) is 13.2. The number of carbonyl (C=O) groups excluding carboxylic acids is 2. The molecule has 2 aromatic rings. The Morgan fingerprint density at radius 3 is 2.32 bits per heavy atom. The monoisotopic (exact) mass is 646 g/mol. The van der Waals surface area contributed by atoms with Crippen LogP contribution in [0.4, 0.5) is 10.2 Å². The average Bonchev–Trinajstić information content (AvgIpc) is 3.34. The fourth-order valence-corrected chi connectivity index (χ4v) is 8.68. The third-order valence-corrected chi connectivity index (χ3v) is 11.3. The van der Waals surface area contributed by atoms with Gasteiger partial charge in [-0.25, -0.2) is 9.37 Å². The maximum atomic E-state index is 14.4. The Balaban J connectivity index is 1.04. The second-order valence-electron chi connectivity index (χ2n) is 15.6. The van der Waals surface area contributed by atoms with Gasteiger partial charge in [0, 0.05) is 43.6 Å². The van der Waals surface area contributed by atoms with E-state index in [1.165, 1.54) is 55.8 Å². The first-order valence-electron chi connectivity index (χ1n) is 17.5. The summed E-state index contributed by atoms with van der Waals surface area (Å²) in [5.74, 6) is 1.37. The van der Waals surface area contributed by atoms with E-state index >= 15 is 0 Å². The van der Waals surface area contributed by atoms with Crippen LogP contribution in [0, 0.1) is 22.6 Å². The largest absolute Gasteiger partial charge is 0.434 e. The van der Waals surface area contributed by atoms with Gasteiger partial charge in [0.25, 0.3) is 11.8 Å². The molecule has 2 saturated heterocycles. The molecule has 3 heterocycles. The summed E-state index contributed by atoms with van der Waals surface area (Å²) < 4.78 is 20.6. The molecule has 1 aromatic heterocycles. The van der Waals surface area contributed by atoms with Crippen molar-refractivity contribution in [3.63, 3.8) is 0 Å². The number of amides is 1. The zero-order valence-corrected chi connectivity index (χ0v) is 29.0. The molecule has 0 unspecified atom stereocenters. The van der Waals surface area contributed by atoms with Crippen LogP contribution in [0.5, 0.6) is 11.6 Å². The van der Waals surface area contributed by atoms with Crippen molar-refractivity contribution in [1.82, 2.24) is 25.0 Å². The van der Waals surface area contributed by atoms with Crippen molar-refractivity contribution in [3.05, 3.63) is 47.1 Å². The lowest BCUT2D eigenvalue weighted by atomic mass is 9.68. The molecule has 47 heavy (non-hydrogen) atoms. The Bertz CT molecular complexity index is 1500. The van der Waals surface area contributed by atoms with Gasteiger partial charge in [0.05, 0.1) is 5.56 Å². The molecule has 2 aliphatic heterocycles. The summed E-state index contributed by atoms with van der Waals surface area (Å²) in [6, 6.07) is 3.87. The van der Waals surface area contributed by atoms with E-state index in [1.807, 2.05) is 27.7 Å². The third-order valence-electron chi connectivity index (χ3n) is 11.3. The summed E-state index contributed by atoms with van der Waals surface area (Å²) in [5.41, 5.74) is 2.94. The van der Waals surface area contributed by atoms with Gasteiger partial charge in [0.1, 0.15) is 17.9 Å². The van der Waals surface area contributed by atoms with Crippen molar-refractivity contribution in [1.29, 1.82) is 0 Å². The number of hydrogen-bond acceptors (Lipinski definition) is 8. The lowest BCUT2D eigenvalue weighted by molar-refractivity contribution is -0.115. The van der Waals surface area contributed by atoms with Crippen molar-refractivity contribution in [3.8, 4) is 11.6 Å². The number of anilines is 1. The number of rotatable bonds is 8. The topological polar surface area (TPSA) is 91.8 Å². The fraction of sp³-hybridized carbons (Fsp3) is 0.649. The molecule has 1 aromatic carbocycles. The number of piperidine rings is 1. The number of benzene rings is 1. The van der Waals surface area contributed by atoms with Crippen LogP contribution >= 0.6 is 0 Å². The standard InChI is InChI=1S/C37H51FN6O3/c1-24(2)30-18-36(19-31(30)45)11-9-27(10-12-36)20-42-15-13-37(14-16-42)21-43(22-37)33-34(41-40-23-39-33)47-32-8-7-28(38)17-29(32)35(46)44(25(3)4)26(5)6/h7-8,17,23,25-27H,9-16,18-22H2,1-6H3. The van der Waals surface area contributed by atoms with E-state index in [-0.39, 0.29) is 46.0 Å². The Hall–Kier alpha value is -3.40. The first-order valence-corrected chi connectivity index (χ1v) is 17.5. The first kappa shape index (κ1) is 33.5. The molecule has 4 aliphatic rings. The van der Waals surface area contributed by atoms with Gasteiger partial charge in [-0.05, 0) is 135 Å². The molecule has 254 valence electrons. The van der Waals surface area contributed by atoms with E-state index in [2.05, 4.69) is 38.8 Å². The minimum absolute atomic E-state index is 0.0640. The fourth-order valence-electron chi connectivity index (χ4n) is 8.68. The first-order chi connectivity index (χ1) is 22.4. The zero-order valence-electron chi connectivity index (χ0n) is 29.0. The predicted octanol–water partition coefficient (Wildman–Crippen LogP) is 6.84. The minimum Gasteiger partial charge on any atom is -0.434 e. The molecule has 0 radical (unpaired) electrons. The lowest BCUT2D eigenvalue weighted by Gasteiger charge is -2.54. The van der Waals surface area contributed by atoms with Crippen molar-refractivity contribution < 1.29 is 18.7 Å². The number of halogens is 1. The van der Waals surface area contributed by atoms with Gasteiger partial charge >= 0.3 is 0 Å². The van der Waals surface area contributed by atoms with Gasteiger partial charge in [0.2, 0.25) is 0 Å². The number of nitrogens with zero attached hydrogens (tertiary/aromatic N) is 6. The summed E-state index contributed by atoms with van der Waals surface area (Å²) >= 11 is 0. The highest BCUT2D eigenvalue weighted by atomic mass is 19.1. The molecule has 2 spiro atoms. The van der Waals surface area contributed by atoms with E-state index in [1.54, 1.807) is 4.90 Å². The van der Waals surface area contributed by atoms with E-state index < -0.39 is 5.82 Å². The van der Waals surface area contributed by atoms with Crippen LogP contribution in [-0.4, -0.2) is 81.5 Å². The molecular weight excluding hydrogens is 595 g/mol. The lowest BCUT2D eigenvalue weighted by Crippen LogP contribution is -2.61. The highest BCUT2D eigenvalue weighted by molar-refractivity contribution is 5.99. The molecule has 2 aliphatic carbocycles. The molecule has 6 rings (SSSR count). The quantitative estimate of drug-likeness (QED) is 0.288. The Labute approximate surface area is 279 Å². The van der Waals surface area contributed by atoms with Gasteiger partial charge in [-0.2, -0.15) is 0 Å². The van der Waals surface area contributed by atoms with E-state index in [9.17, 15) is 14.0 Å². The Morgan fingerprint density at radius 1 is 1.02 bits per heavy atom. The third kappa shape index (κ3) is 6.94.